The highest BCUT2D eigenvalue weighted by Crippen LogP contribution is 2.35. The first-order valence-corrected chi connectivity index (χ1v) is 8.39. The van der Waals surface area contributed by atoms with Crippen LogP contribution >= 0.6 is 0 Å². The molecule has 5 rings (SSSR count). The molecule has 0 radical (unpaired) electrons. The molecule has 0 unspecified atom stereocenters. The van der Waals surface area contributed by atoms with Gasteiger partial charge in [-0.2, -0.15) is 0 Å². The van der Waals surface area contributed by atoms with Gasteiger partial charge in [0.2, 0.25) is 5.43 Å². The fraction of sp³-hybridized carbons (Fsp3) is 0.136. The number of rotatable bonds is 0. The second-order valence-electron chi connectivity index (χ2n) is 6.87. The summed E-state index contributed by atoms with van der Waals surface area (Å²) < 4.78 is 8.27. The molecule has 0 bridgehead atoms. The first-order valence-electron chi connectivity index (χ1n) is 8.39. The second kappa shape index (κ2) is 4.73. The minimum absolute atomic E-state index is 0.0363. The van der Waals surface area contributed by atoms with E-state index in [4.69, 9.17) is 4.42 Å². The number of fused-ring (bicyclic) bond motifs is 7. The van der Waals surface area contributed by atoms with Gasteiger partial charge >= 0.3 is 0 Å². The maximum atomic E-state index is 13.3. The van der Waals surface area contributed by atoms with E-state index in [9.17, 15) is 4.79 Å². The predicted molar refractivity (Wildman–Crippen MR) is 103 cm³/mol. The van der Waals surface area contributed by atoms with Gasteiger partial charge in [0, 0.05) is 24.0 Å². The summed E-state index contributed by atoms with van der Waals surface area (Å²) in [6.07, 6.45) is 2.01. The zero-order chi connectivity index (χ0) is 17.3. The average Bonchev–Trinajstić information content (AvgIpc) is 2.97. The summed E-state index contributed by atoms with van der Waals surface area (Å²) >= 11 is 0. The van der Waals surface area contributed by atoms with Crippen molar-refractivity contribution in [2.45, 2.75) is 13.8 Å². The molecule has 0 amide bonds. The summed E-state index contributed by atoms with van der Waals surface area (Å²) in [6, 6.07) is 14.1. The predicted octanol–water partition coefficient (Wildman–Crippen LogP) is 5.21. The highest BCUT2D eigenvalue weighted by Gasteiger charge is 2.17. The van der Waals surface area contributed by atoms with Crippen LogP contribution in [0.4, 0.5) is 0 Å². The minimum Gasteiger partial charge on any atom is -0.455 e. The minimum atomic E-state index is 0.0363. The van der Waals surface area contributed by atoms with Crippen LogP contribution in [0.25, 0.3) is 43.6 Å². The molecular weight excluding hydrogens is 310 g/mol. The molecule has 0 saturated heterocycles. The van der Waals surface area contributed by atoms with Crippen molar-refractivity contribution in [1.82, 2.24) is 4.57 Å². The Morgan fingerprint density at radius 1 is 0.840 bits per heavy atom. The standard InChI is InChI=1S/C22H17NO2/c1-12-4-6-15-16(10-12)14-8-9-23(3)20(14)19-21(24)17-11-13(2)5-7-18(17)25-22(15)19/h4-11H,1-3H3. The Hall–Kier alpha value is -3.07. The molecule has 3 heteroatoms. The molecule has 0 N–H and O–H groups in total. The second-order valence-corrected chi connectivity index (χ2v) is 6.87. The number of hydrogen-bond donors (Lipinski definition) is 0. The van der Waals surface area contributed by atoms with Crippen molar-refractivity contribution in [2.75, 3.05) is 0 Å². The van der Waals surface area contributed by atoms with E-state index in [2.05, 4.69) is 31.2 Å². The molecule has 0 aliphatic carbocycles. The van der Waals surface area contributed by atoms with E-state index in [1.807, 2.05) is 42.9 Å². The molecular formula is C22H17NO2. The van der Waals surface area contributed by atoms with Crippen molar-refractivity contribution in [3.8, 4) is 0 Å². The quantitative estimate of drug-likeness (QED) is 0.289. The molecule has 3 nitrogen and oxygen atoms in total. The third-order valence-electron chi connectivity index (χ3n) is 5.07. The number of aromatic nitrogens is 1. The molecule has 2 aromatic heterocycles. The number of hydrogen-bond acceptors (Lipinski definition) is 2. The fourth-order valence-electron chi connectivity index (χ4n) is 3.85. The molecule has 3 aromatic carbocycles. The molecule has 5 aromatic rings. The van der Waals surface area contributed by atoms with Gasteiger partial charge in [0.05, 0.1) is 16.3 Å². The molecule has 0 atom stereocenters. The molecule has 25 heavy (non-hydrogen) atoms. The lowest BCUT2D eigenvalue weighted by molar-refractivity contribution is 0.664. The Kier molecular flexibility index (Phi) is 2.70. The van der Waals surface area contributed by atoms with Gasteiger partial charge in [0.1, 0.15) is 11.2 Å². The van der Waals surface area contributed by atoms with Crippen LogP contribution in [0.15, 0.2) is 57.9 Å². The Bertz CT molecular complexity index is 1390. The number of nitrogens with zero attached hydrogens (tertiary/aromatic N) is 1. The Morgan fingerprint density at radius 3 is 2.36 bits per heavy atom. The molecule has 2 heterocycles. The fourth-order valence-corrected chi connectivity index (χ4v) is 3.85. The van der Waals surface area contributed by atoms with Crippen molar-refractivity contribution in [1.29, 1.82) is 0 Å². The van der Waals surface area contributed by atoms with E-state index in [0.29, 0.717) is 21.9 Å². The van der Waals surface area contributed by atoms with E-state index >= 15 is 0 Å². The Balaban J connectivity index is 2.20. The van der Waals surface area contributed by atoms with Crippen LogP contribution in [0.1, 0.15) is 11.1 Å². The van der Waals surface area contributed by atoms with E-state index in [-0.39, 0.29) is 5.43 Å². The summed E-state index contributed by atoms with van der Waals surface area (Å²) in [5, 5.41) is 4.50. The Labute approximate surface area is 144 Å². The number of benzene rings is 3. The maximum Gasteiger partial charge on any atom is 0.202 e. The van der Waals surface area contributed by atoms with E-state index < -0.39 is 0 Å². The smallest absolute Gasteiger partial charge is 0.202 e. The molecule has 0 aliphatic heterocycles. The van der Waals surface area contributed by atoms with Crippen molar-refractivity contribution in [3.05, 3.63) is 70.0 Å². The van der Waals surface area contributed by atoms with E-state index in [1.165, 1.54) is 5.56 Å². The summed E-state index contributed by atoms with van der Waals surface area (Å²) in [5.74, 6) is 0. The number of aryl methyl sites for hydroxylation is 3. The van der Waals surface area contributed by atoms with Crippen LogP contribution < -0.4 is 5.43 Å². The van der Waals surface area contributed by atoms with Gasteiger partial charge in [-0.1, -0.05) is 35.4 Å². The van der Waals surface area contributed by atoms with Crippen LogP contribution in [0, 0.1) is 13.8 Å². The van der Waals surface area contributed by atoms with Crippen molar-refractivity contribution in [3.63, 3.8) is 0 Å². The lowest BCUT2D eigenvalue weighted by atomic mass is 9.99. The molecule has 0 fully saturated rings. The van der Waals surface area contributed by atoms with Crippen LogP contribution in [-0.2, 0) is 7.05 Å². The van der Waals surface area contributed by atoms with Crippen LogP contribution in [0.5, 0.6) is 0 Å². The summed E-state index contributed by atoms with van der Waals surface area (Å²) in [4.78, 5) is 13.3. The van der Waals surface area contributed by atoms with Gasteiger partial charge in [-0.15, -0.1) is 0 Å². The van der Waals surface area contributed by atoms with E-state index in [0.717, 1.165) is 27.2 Å². The summed E-state index contributed by atoms with van der Waals surface area (Å²) in [7, 11) is 1.98. The zero-order valence-corrected chi connectivity index (χ0v) is 14.4. The lowest BCUT2D eigenvalue weighted by Gasteiger charge is -2.10. The average molecular weight is 327 g/mol. The third-order valence-corrected chi connectivity index (χ3v) is 5.07. The van der Waals surface area contributed by atoms with E-state index in [1.54, 1.807) is 0 Å². The zero-order valence-electron chi connectivity index (χ0n) is 14.4. The topological polar surface area (TPSA) is 35.1 Å². The van der Waals surface area contributed by atoms with Gasteiger partial charge in [0.25, 0.3) is 0 Å². The third kappa shape index (κ3) is 1.84. The molecule has 0 aliphatic rings. The largest absolute Gasteiger partial charge is 0.455 e. The highest BCUT2D eigenvalue weighted by molar-refractivity contribution is 6.23. The lowest BCUT2D eigenvalue weighted by Crippen LogP contribution is -2.05. The summed E-state index contributed by atoms with van der Waals surface area (Å²) in [6.45, 7) is 4.07. The highest BCUT2D eigenvalue weighted by atomic mass is 16.3. The van der Waals surface area contributed by atoms with Gasteiger partial charge in [-0.25, -0.2) is 0 Å². The van der Waals surface area contributed by atoms with Crippen LogP contribution in [-0.4, -0.2) is 4.57 Å². The van der Waals surface area contributed by atoms with Crippen molar-refractivity contribution < 1.29 is 4.42 Å². The van der Waals surface area contributed by atoms with Gasteiger partial charge in [-0.3, -0.25) is 4.79 Å². The van der Waals surface area contributed by atoms with Gasteiger partial charge in [0.15, 0.2) is 0 Å². The van der Waals surface area contributed by atoms with Crippen molar-refractivity contribution >= 4 is 43.6 Å². The van der Waals surface area contributed by atoms with Crippen LogP contribution in [0.3, 0.4) is 0 Å². The van der Waals surface area contributed by atoms with Crippen molar-refractivity contribution in [2.24, 2.45) is 7.05 Å². The monoisotopic (exact) mass is 327 g/mol. The molecule has 122 valence electrons. The maximum absolute atomic E-state index is 13.3. The summed E-state index contributed by atoms with van der Waals surface area (Å²) in [5.41, 5.74) is 4.53. The SMILES string of the molecule is Cc1ccc2oc3c4ccc(C)cc4c4ccn(C)c4c3c(=O)c2c1. The normalized spacial score (nSPS) is 12.0. The van der Waals surface area contributed by atoms with Crippen LogP contribution in [0.2, 0.25) is 0 Å². The first kappa shape index (κ1) is 14.3. The van der Waals surface area contributed by atoms with Gasteiger partial charge < -0.3 is 8.98 Å². The Morgan fingerprint density at radius 2 is 1.56 bits per heavy atom. The molecule has 0 saturated carbocycles. The first-order chi connectivity index (χ1) is 12.0. The molecule has 0 spiro atoms. The van der Waals surface area contributed by atoms with Gasteiger partial charge in [-0.05, 0) is 37.4 Å².